The van der Waals surface area contributed by atoms with Gasteiger partial charge in [-0.3, -0.25) is 24.0 Å². The Balaban J connectivity index is 1.56. The van der Waals surface area contributed by atoms with Crippen molar-refractivity contribution >= 4 is 47.4 Å². The molecule has 0 aliphatic carbocycles. The fourth-order valence-electron chi connectivity index (χ4n) is 6.97. The highest BCUT2D eigenvalue weighted by atomic mass is 19.1. The van der Waals surface area contributed by atoms with Gasteiger partial charge < -0.3 is 40.9 Å². The summed E-state index contributed by atoms with van der Waals surface area (Å²) in [6.45, 7) is 7.04. The quantitative estimate of drug-likeness (QED) is 0.0968. The van der Waals surface area contributed by atoms with E-state index in [2.05, 4.69) is 10.6 Å². The lowest BCUT2D eigenvalue weighted by atomic mass is 9.84. The number of hydrogen-bond acceptors (Lipinski definition) is 10. The Labute approximate surface area is 350 Å². The van der Waals surface area contributed by atoms with Gasteiger partial charge >= 0.3 is 17.9 Å². The van der Waals surface area contributed by atoms with Crippen LogP contribution in [0.3, 0.4) is 0 Å². The van der Waals surface area contributed by atoms with Crippen LogP contribution in [-0.4, -0.2) is 96.9 Å². The number of carbonyl (C=O) groups is 8. The first-order chi connectivity index (χ1) is 28.7. The molecule has 0 spiro atoms. The first kappa shape index (κ1) is 47.2. The second-order valence-electron chi connectivity index (χ2n) is 15.7. The summed E-state index contributed by atoms with van der Waals surface area (Å²) in [6.07, 6.45) is -0.793. The molecule has 1 aliphatic heterocycles. The number of primary amides is 1. The van der Waals surface area contributed by atoms with E-state index in [0.29, 0.717) is 27.8 Å². The van der Waals surface area contributed by atoms with Gasteiger partial charge in [0.2, 0.25) is 17.7 Å². The summed E-state index contributed by atoms with van der Waals surface area (Å²) in [6, 6.07) is 8.08. The van der Waals surface area contributed by atoms with Gasteiger partial charge in [0.15, 0.2) is 0 Å². The number of nitrogens with one attached hydrogen (secondary N) is 2. The minimum absolute atomic E-state index is 0.0200. The number of halogens is 2. The second-order valence-corrected chi connectivity index (χ2v) is 15.7. The molecule has 1 fully saturated rings. The Bertz CT molecular complexity index is 2120. The number of amides is 5. The Morgan fingerprint density at radius 1 is 0.918 bits per heavy atom. The van der Waals surface area contributed by atoms with E-state index >= 15 is 4.39 Å². The van der Waals surface area contributed by atoms with E-state index in [1.807, 2.05) is 55.7 Å². The maximum atomic E-state index is 15.1. The second kappa shape index (κ2) is 20.7. The molecule has 0 bridgehead atoms. The number of carbonyl (C=O) groups excluding carboxylic acids is 6. The maximum absolute atomic E-state index is 15.1. The van der Waals surface area contributed by atoms with Crippen molar-refractivity contribution in [3.05, 3.63) is 83.7 Å². The minimum atomic E-state index is -2.05. The van der Waals surface area contributed by atoms with Crippen molar-refractivity contribution in [3.8, 4) is 11.1 Å². The van der Waals surface area contributed by atoms with Gasteiger partial charge in [-0.25, -0.2) is 23.2 Å². The average Bonchev–Trinajstić information content (AvgIpc) is 3.73. The summed E-state index contributed by atoms with van der Waals surface area (Å²) >= 11 is 0. The number of aromatic nitrogens is 1. The molecule has 1 saturated heterocycles. The largest absolute Gasteiger partial charge is 0.480 e. The molecule has 3 aromatic rings. The van der Waals surface area contributed by atoms with Crippen LogP contribution in [0.1, 0.15) is 89.9 Å². The van der Waals surface area contributed by atoms with Gasteiger partial charge in [-0.1, -0.05) is 51.1 Å². The number of benzene rings is 2. The third-order valence-corrected chi connectivity index (χ3v) is 9.92. The third kappa shape index (κ3) is 12.7. The number of hydrogen-bond donors (Lipinski definition) is 5. The van der Waals surface area contributed by atoms with Crippen molar-refractivity contribution in [1.82, 2.24) is 25.2 Å². The molecule has 4 rings (SSSR count). The Morgan fingerprint density at radius 3 is 2.15 bits per heavy atom. The van der Waals surface area contributed by atoms with Gasteiger partial charge in [-0.15, -0.1) is 5.06 Å². The molecule has 19 heteroatoms. The van der Waals surface area contributed by atoms with Crippen molar-refractivity contribution in [2.45, 2.75) is 103 Å². The van der Waals surface area contributed by atoms with Crippen LogP contribution in [0.25, 0.3) is 11.1 Å². The number of aliphatic carboxylic acids is 2. The lowest BCUT2D eigenvalue weighted by molar-refractivity contribution is -0.197. The van der Waals surface area contributed by atoms with Gasteiger partial charge in [0.25, 0.3) is 11.8 Å². The molecule has 2 aromatic carbocycles. The highest BCUT2D eigenvalue weighted by Gasteiger charge is 2.42. The predicted molar refractivity (Wildman–Crippen MR) is 212 cm³/mol. The molecule has 0 unspecified atom stereocenters. The molecule has 1 aliphatic rings. The van der Waals surface area contributed by atoms with Crippen LogP contribution >= 0.6 is 0 Å². The van der Waals surface area contributed by atoms with Crippen LogP contribution in [0.4, 0.5) is 8.78 Å². The number of nitrogens with two attached hydrogens (primary N) is 1. The summed E-state index contributed by atoms with van der Waals surface area (Å²) in [7, 11) is 0. The molecule has 1 aromatic heterocycles. The molecular formula is C42H50F2N6O11. The number of carboxylic acid groups (broad SMARTS) is 2. The standard InChI is InChI=1S/C42H50F2N6O11/c1-24(47-34(52)11-8-12-37(55)61-50-35(53)15-16-36(50)54)39(56)49(32(41(59)60)21-33(45)51)30(40(57)58)17-18-46-38(42(2,3)4)31-19-26(28-20-27(43)13-14-29(28)44)23-48(31)22-25-9-6-5-7-10-25/h5-7,9-10,13-14,19-20,23-24,30,32,38,46H,8,11-12,15-18,21-22H2,1-4H3,(H2,45,51)(H,47,52)(H,57,58)(H,59,60)/t24-,30-,32-,38-/m0/s1. The topological polar surface area (TPSA) is 248 Å². The van der Waals surface area contributed by atoms with E-state index < -0.39 is 102 Å². The Kier molecular flexibility index (Phi) is 16.0. The zero-order valence-corrected chi connectivity index (χ0v) is 34.2. The Hall–Kier alpha value is -6.50. The van der Waals surface area contributed by atoms with E-state index in [9.17, 15) is 53.0 Å². The van der Waals surface area contributed by atoms with Crippen LogP contribution in [0.15, 0.2) is 60.8 Å². The van der Waals surface area contributed by atoms with Crippen molar-refractivity contribution in [2.75, 3.05) is 6.54 Å². The van der Waals surface area contributed by atoms with Gasteiger partial charge in [-0.2, -0.15) is 0 Å². The maximum Gasteiger partial charge on any atom is 0.333 e. The monoisotopic (exact) mass is 852 g/mol. The highest BCUT2D eigenvalue weighted by molar-refractivity contribution is 6.01. The lowest BCUT2D eigenvalue weighted by Crippen LogP contribution is -2.60. The van der Waals surface area contributed by atoms with Crippen LogP contribution < -0.4 is 16.4 Å². The molecule has 6 N–H and O–H groups in total. The molecule has 17 nitrogen and oxygen atoms in total. The Morgan fingerprint density at radius 2 is 1.56 bits per heavy atom. The lowest BCUT2D eigenvalue weighted by Gasteiger charge is -2.37. The van der Waals surface area contributed by atoms with E-state index in [0.717, 1.165) is 23.8 Å². The van der Waals surface area contributed by atoms with Crippen molar-refractivity contribution in [1.29, 1.82) is 0 Å². The molecule has 4 atom stereocenters. The van der Waals surface area contributed by atoms with Gasteiger partial charge in [0.1, 0.15) is 29.8 Å². The average molecular weight is 853 g/mol. The van der Waals surface area contributed by atoms with E-state index in [-0.39, 0.29) is 44.2 Å². The molecule has 2 heterocycles. The van der Waals surface area contributed by atoms with E-state index in [1.165, 1.54) is 6.92 Å². The first-order valence-electron chi connectivity index (χ1n) is 19.5. The summed E-state index contributed by atoms with van der Waals surface area (Å²) < 4.78 is 31.2. The summed E-state index contributed by atoms with van der Waals surface area (Å²) in [5, 5.41) is 26.7. The zero-order chi connectivity index (χ0) is 45.2. The minimum Gasteiger partial charge on any atom is -0.480 e. The highest BCUT2D eigenvalue weighted by Crippen LogP contribution is 2.37. The number of nitrogens with zero attached hydrogens (tertiary/aromatic N) is 3. The summed E-state index contributed by atoms with van der Waals surface area (Å²) in [5.41, 5.74) is 6.63. The third-order valence-electron chi connectivity index (χ3n) is 9.92. The number of imide groups is 1. The van der Waals surface area contributed by atoms with Gasteiger partial charge in [0.05, 0.1) is 12.5 Å². The van der Waals surface area contributed by atoms with E-state index in [1.54, 1.807) is 12.3 Å². The van der Waals surface area contributed by atoms with E-state index in [4.69, 9.17) is 10.6 Å². The summed E-state index contributed by atoms with van der Waals surface area (Å²) in [5.74, 6) is -10.1. The number of rotatable bonds is 21. The zero-order valence-electron chi connectivity index (χ0n) is 34.2. The first-order valence-corrected chi connectivity index (χ1v) is 19.5. The molecule has 5 amide bonds. The van der Waals surface area contributed by atoms with Crippen LogP contribution in [-0.2, 0) is 49.7 Å². The fraction of sp³-hybridized carbons (Fsp3) is 0.429. The number of hydroxylamine groups is 2. The summed E-state index contributed by atoms with van der Waals surface area (Å²) in [4.78, 5) is 105. The van der Waals surface area contributed by atoms with Gasteiger partial charge in [0, 0.05) is 55.2 Å². The van der Waals surface area contributed by atoms with Crippen molar-refractivity contribution < 1.29 is 62.2 Å². The van der Waals surface area contributed by atoms with Gasteiger partial charge in [-0.05, 0) is 61.6 Å². The predicted octanol–water partition coefficient (Wildman–Crippen LogP) is 3.44. The van der Waals surface area contributed by atoms with Crippen molar-refractivity contribution in [3.63, 3.8) is 0 Å². The fourth-order valence-corrected chi connectivity index (χ4v) is 6.97. The molecule has 0 saturated carbocycles. The molecule has 61 heavy (non-hydrogen) atoms. The normalized spacial score (nSPS) is 14.8. The van der Waals surface area contributed by atoms with Crippen LogP contribution in [0.5, 0.6) is 0 Å². The number of carboxylic acids is 2. The smallest absolute Gasteiger partial charge is 0.333 e. The molecule has 0 radical (unpaired) electrons. The van der Waals surface area contributed by atoms with Crippen LogP contribution in [0.2, 0.25) is 0 Å². The SMILES string of the molecule is C[C@H](NC(=O)CCCC(=O)ON1C(=O)CCC1=O)C(=O)N([C@@H](CCN[C@@H](c1cc(-c2cc(F)ccc2F)cn1Cc1ccccc1)C(C)(C)C)C(=O)O)[C@@H](CC(N)=O)C(=O)O. The molecule has 328 valence electrons. The van der Waals surface area contributed by atoms with Crippen molar-refractivity contribution in [2.24, 2.45) is 11.1 Å². The van der Waals surface area contributed by atoms with Crippen LogP contribution in [0, 0.1) is 17.0 Å². The molecular weight excluding hydrogens is 802 g/mol.